The van der Waals surface area contributed by atoms with Gasteiger partial charge in [-0.05, 0) is 74.0 Å². The number of fused-ring (bicyclic) bond motifs is 5. The number of carbonyl (C=O) groups excluding carboxylic acids is 2. The summed E-state index contributed by atoms with van der Waals surface area (Å²) in [6.45, 7) is 5.52. The minimum atomic E-state index is 0.129. The highest BCUT2D eigenvalue weighted by Crippen LogP contribution is 2.66. The summed E-state index contributed by atoms with van der Waals surface area (Å²) in [5, 5.41) is 0. The third-order valence-corrected chi connectivity index (χ3v) is 8.61. The quantitative estimate of drug-likeness (QED) is 0.719. The SMILES string of the molecule is C[C@]12CCC(=O)C[C@H]1CC[C@@H]1[C@@H]2CC[C@]2(C)[C@@H](OC=O)CC[C@@H]12. The van der Waals surface area contributed by atoms with E-state index < -0.39 is 0 Å². The van der Waals surface area contributed by atoms with E-state index in [-0.39, 0.29) is 11.5 Å². The number of Topliss-reactive ketones (excluding diaryl/α,β-unsaturated/α-hetero) is 1. The second-order valence-corrected chi connectivity index (χ2v) is 9.24. The zero-order valence-electron chi connectivity index (χ0n) is 14.6. The van der Waals surface area contributed by atoms with Gasteiger partial charge in [0.15, 0.2) is 0 Å². The molecule has 0 amide bonds. The molecule has 0 unspecified atom stereocenters. The first-order chi connectivity index (χ1) is 11.0. The third-order valence-electron chi connectivity index (χ3n) is 8.61. The number of hydrogen-bond acceptors (Lipinski definition) is 3. The third kappa shape index (κ3) is 2.14. The molecule has 0 aromatic carbocycles. The van der Waals surface area contributed by atoms with E-state index in [2.05, 4.69) is 13.8 Å². The fraction of sp³-hybridized carbons (Fsp3) is 0.900. The number of hydrogen-bond donors (Lipinski definition) is 0. The van der Waals surface area contributed by atoms with Gasteiger partial charge in [-0.1, -0.05) is 13.8 Å². The molecule has 0 aromatic heterocycles. The lowest BCUT2D eigenvalue weighted by Crippen LogP contribution is -2.54. The Bertz CT molecular complexity index is 515. The van der Waals surface area contributed by atoms with Crippen LogP contribution in [0.2, 0.25) is 0 Å². The van der Waals surface area contributed by atoms with Crippen LogP contribution >= 0.6 is 0 Å². The van der Waals surface area contributed by atoms with Gasteiger partial charge in [-0.25, -0.2) is 0 Å². The molecule has 4 fully saturated rings. The van der Waals surface area contributed by atoms with Crippen molar-refractivity contribution in [2.45, 2.75) is 77.7 Å². The van der Waals surface area contributed by atoms with Crippen molar-refractivity contribution >= 4 is 12.3 Å². The molecule has 4 aliphatic carbocycles. The Morgan fingerprint density at radius 1 is 1.00 bits per heavy atom. The summed E-state index contributed by atoms with van der Waals surface area (Å²) in [6.07, 6.45) is 10.1. The lowest BCUT2D eigenvalue weighted by Gasteiger charge is -2.60. The number of carbonyl (C=O) groups is 2. The summed E-state index contributed by atoms with van der Waals surface area (Å²) in [5.41, 5.74) is 0.567. The maximum atomic E-state index is 11.9. The Kier molecular flexibility index (Phi) is 3.62. The number of rotatable bonds is 2. The zero-order chi connectivity index (χ0) is 16.2. The highest BCUT2D eigenvalue weighted by Gasteiger charge is 2.60. The lowest BCUT2D eigenvalue weighted by atomic mass is 9.45. The predicted octanol–water partition coefficient (Wildman–Crippen LogP) is 4.14. The Labute approximate surface area is 139 Å². The molecular formula is C20H30O3. The second-order valence-electron chi connectivity index (χ2n) is 9.24. The first-order valence-electron chi connectivity index (χ1n) is 9.60. The van der Waals surface area contributed by atoms with Crippen LogP contribution in [0, 0.1) is 34.5 Å². The molecule has 3 nitrogen and oxygen atoms in total. The van der Waals surface area contributed by atoms with Gasteiger partial charge in [0, 0.05) is 18.3 Å². The van der Waals surface area contributed by atoms with E-state index in [1.165, 1.54) is 32.1 Å². The van der Waals surface area contributed by atoms with Gasteiger partial charge >= 0.3 is 0 Å². The summed E-state index contributed by atoms with van der Waals surface area (Å²) in [6, 6.07) is 0. The van der Waals surface area contributed by atoms with E-state index in [9.17, 15) is 9.59 Å². The monoisotopic (exact) mass is 318 g/mol. The average Bonchev–Trinajstić information content (AvgIpc) is 2.85. The van der Waals surface area contributed by atoms with Crippen LogP contribution in [0.25, 0.3) is 0 Å². The van der Waals surface area contributed by atoms with Crippen molar-refractivity contribution < 1.29 is 14.3 Å². The number of ketones is 1. The molecule has 0 saturated heterocycles. The summed E-state index contributed by atoms with van der Waals surface area (Å²) in [5.74, 6) is 3.39. The van der Waals surface area contributed by atoms with Gasteiger partial charge in [-0.3, -0.25) is 9.59 Å². The summed E-state index contributed by atoms with van der Waals surface area (Å²) in [7, 11) is 0. The minimum absolute atomic E-state index is 0.129. The molecule has 0 spiro atoms. The van der Waals surface area contributed by atoms with E-state index in [0.29, 0.717) is 29.5 Å². The summed E-state index contributed by atoms with van der Waals surface area (Å²) in [4.78, 5) is 22.8. The molecule has 0 bridgehead atoms. The van der Waals surface area contributed by atoms with Gasteiger partial charge in [-0.2, -0.15) is 0 Å². The van der Waals surface area contributed by atoms with Crippen molar-refractivity contribution in [3.8, 4) is 0 Å². The van der Waals surface area contributed by atoms with Crippen LogP contribution in [0.4, 0.5) is 0 Å². The molecule has 0 aliphatic heterocycles. The highest BCUT2D eigenvalue weighted by molar-refractivity contribution is 5.79. The Morgan fingerprint density at radius 3 is 2.57 bits per heavy atom. The van der Waals surface area contributed by atoms with Crippen molar-refractivity contribution in [2.24, 2.45) is 34.5 Å². The van der Waals surface area contributed by atoms with Crippen LogP contribution in [0.3, 0.4) is 0 Å². The van der Waals surface area contributed by atoms with Crippen molar-refractivity contribution in [3.63, 3.8) is 0 Å². The van der Waals surface area contributed by atoms with E-state index in [4.69, 9.17) is 4.74 Å². The molecule has 3 heteroatoms. The fourth-order valence-corrected chi connectivity index (χ4v) is 7.29. The van der Waals surface area contributed by atoms with Crippen molar-refractivity contribution in [2.75, 3.05) is 0 Å². The number of ether oxygens (including phenoxy) is 1. The maximum Gasteiger partial charge on any atom is 0.293 e. The van der Waals surface area contributed by atoms with E-state index in [1.807, 2.05) is 0 Å². The first kappa shape index (κ1) is 15.7. The van der Waals surface area contributed by atoms with Gasteiger partial charge < -0.3 is 4.74 Å². The molecule has 128 valence electrons. The lowest BCUT2D eigenvalue weighted by molar-refractivity contribution is -0.153. The standard InChI is InChI=1S/C20H30O3/c1-19-9-7-14(22)11-13(19)3-4-15-16-5-6-18(23-12-21)20(16,2)10-8-17(15)19/h12-13,15-18H,3-11H2,1-2H3/t13-,15+,16+,17+,18+,19+,20+/m1/s1. The van der Waals surface area contributed by atoms with Gasteiger partial charge in [0.05, 0.1) is 0 Å². The van der Waals surface area contributed by atoms with Gasteiger partial charge in [0.2, 0.25) is 0 Å². The molecule has 0 radical (unpaired) electrons. The molecule has 23 heavy (non-hydrogen) atoms. The van der Waals surface area contributed by atoms with Crippen molar-refractivity contribution in [1.82, 2.24) is 0 Å². The van der Waals surface area contributed by atoms with Gasteiger partial charge in [0.25, 0.3) is 6.47 Å². The van der Waals surface area contributed by atoms with Gasteiger partial charge in [-0.15, -0.1) is 0 Å². The second kappa shape index (κ2) is 5.32. The van der Waals surface area contributed by atoms with Crippen LogP contribution < -0.4 is 0 Å². The normalized spacial score (nSPS) is 52.3. The summed E-state index contributed by atoms with van der Waals surface area (Å²) < 4.78 is 5.48. The molecular weight excluding hydrogens is 288 g/mol. The van der Waals surface area contributed by atoms with Crippen LogP contribution in [-0.2, 0) is 14.3 Å². The van der Waals surface area contributed by atoms with Gasteiger partial charge in [0.1, 0.15) is 11.9 Å². The molecule has 0 N–H and O–H groups in total. The first-order valence-corrected chi connectivity index (χ1v) is 9.60. The zero-order valence-corrected chi connectivity index (χ0v) is 14.6. The minimum Gasteiger partial charge on any atom is -0.464 e. The van der Waals surface area contributed by atoms with Crippen LogP contribution in [0.1, 0.15) is 71.6 Å². The molecule has 4 aliphatic rings. The van der Waals surface area contributed by atoms with Crippen molar-refractivity contribution in [3.05, 3.63) is 0 Å². The smallest absolute Gasteiger partial charge is 0.293 e. The Morgan fingerprint density at radius 2 is 1.78 bits per heavy atom. The molecule has 0 aromatic rings. The highest BCUT2D eigenvalue weighted by atomic mass is 16.5. The topological polar surface area (TPSA) is 43.4 Å². The van der Waals surface area contributed by atoms with Crippen LogP contribution in [0.5, 0.6) is 0 Å². The maximum absolute atomic E-state index is 11.9. The van der Waals surface area contributed by atoms with Crippen LogP contribution in [0.15, 0.2) is 0 Å². The molecule has 4 saturated carbocycles. The Hall–Kier alpha value is -0.860. The largest absolute Gasteiger partial charge is 0.464 e. The Balaban J connectivity index is 1.60. The van der Waals surface area contributed by atoms with E-state index in [1.54, 1.807) is 0 Å². The van der Waals surface area contributed by atoms with Crippen molar-refractivity contribution in [1.29, 1.82) is 0 Å². The molecule has 7 atom stereocenters. The molecule has 0 heterocycles. The fourth-order valence-electron chi connectivity index (χ4n) is 7.29. The van der Waals surface area contributed by atoms with E-state index in [0.717, 1.165) is 37.5 Å². The molecule has 4 rings (SSSR count). The van der Waals surface area contributed by atoms with E-state index >= 15 is 0 Å². The summed E-state index contributed by atoms with van der Waals surface area (Å²) >= 11 is 0. The van der Waals surface area contributed by atoms with Crippen LogP contribution in [-0.4, -0.2) is 18.4 Å². The predicted molar refractivity (Wildman–Crippen MR) is 87.7 cm³/mol. The average molecular weight is 318 g/mol.